The molecule has 0 aliphatic rings. The van der Waals surface area contributed by atoms with E-state index in [4.69, 9.17) is 9.47 Å². The number of rotatable bonds is 8. The highest BCUT2D eigenvalue weighted by molar-refractivity contribution is 5.72. The molecule has 0 bridgehead atoms. The van der Waals surface area contributed by atoms with E-state index in [1.807, 2.05) is 32.0 Å². The van der Waals surface area contributed by atoms with Gasteiger partial charge in [-0.1, -0.05) is 31.2 Å². The molecule has 0 spiro atoms. The van der Waals surface area contributed by atoms with E-state index in [2.05, 4.69) is 15.3 Å². The quantitative estimate of drug-likeness (QED) is 0.439. The molecule has 2 aromatic carbocycles. The van der Waals surface area contributed by atoms with Gasteiger partial charge in [-0.05, 0) is 43.2 Å². The molecule has 0 amide bonds. The highest BCUT2D eigenvalue weighted by atomic mass is 16.6. The molecule has 1 aromatic heterocycles. The van der Waals surface area contributed by atoms with Crippen LogP contribution in [0.15, 0.2) is 54.9 Å². The van der Waals surface area contributed by atoms with E-state index in [0.717, 1.165) is 12.0 Å². The topological polar surface area (TPSA) is 99.4 Å². The van der Waals surface area contributed by atoms with Gasteiger partial charge in [-0.3, -0.25) is 10.1 Å². The van der Waals surface area contributed by atoms with Crippen LogP contribution in [-0.4, -0.2) is 21.5 Å². The van der Waals surface area contributed by atoms with E-state index in [9.17, 15) is 10.1 Å². The zero-order chi connectivity index (χ0) is 19.9. The molecule has 0 saturated carbocycles. The van der Waals surface area contributed by atoms with Gasteiger partial charge in [-0.2, -0.15) is 4.98 Å². The molecule has 8 nitrogen and oxygen atoms in total. The maximum absolute atomic E-state index is 11.7. The van der Waals surface area contributed by atoms with Crippen LogP contribution in [0.1, 0.15) is 19.4 Å². The number of anilines is 2. The molecule has 0 unspecified atom stereocenters. The average Bonchev–Trinajstić information content (AvgIpc) is 2.70. The van der Waals surface area contributed by atoms with Crippen molar-refractivity contribution in [3.8, 4) is 17.4 Å². The molecular formula is C20H20N4O4. The summed E-state index contributed by atoms with van der Waals surface area (Å²) in [5, 5.41) is 14.7. The number of hydrogen-bond donors (Lipinski definition) is 1. The lowest BCUT2D eigenvalue weighted by Crippen LogP contribution is -2.05. The van der Waals surface area contributed by atoms with Crippen molar-refractivity contribution in [2.45, 2.75) is 20.3 Å². The van der Waals surface area contributed by atoms with Crippen molar-refractivity contribution in [2.24, 2.45) is 0 Å². The Balaban J connectivity index is 1.94. The summed E-state index contributed by atoms with van der Waals surface area (Å²) in [6, 6.07) is 14.4. The van der Waals surface area contributed by atoms with Gasteiger partial charge in [-0.25, -0.2) is 4.98 Å². The zero-order valence-corrected chi connectivity index (χ0v) is 15.6. The number of aryl methyl sites for hydroxylation is 1. The number of ether oxygens (including phenoxy) is 2. The normalized spacial score (nSPS) is 10.4. The Morgan fingerprint density at radius 2 is 1.82 bits per heavy atom. The van der Waals surface area contributed by atoms with Gasteiger partial charge in [0, 0.05) is 0 Å². The van der Waals surface area contributed by atoms with Crippen LogP contribution in [0.4, 0.5) is 17.2 Å². The lowest BCUT2D eigenvalue weighted by atomic mass is 10.2. The summed E-state index contributed by atoms with van der Waals surface area (Å²) in [6.07, 6.45) is 2.11. The Bertz CT molecular complexity index is 961. The third-order valence-electron chi connectivity index (χ3n) is 3.96. The van der Waals surface area contributed by atoms with Crippen LogP contribution in [0.3, 0.4) is 0 Å². The summed E-state index contributed by atoms with van der Waals surface area (Å²) in [5.74, 6) is 0.906. The van der Waals surface area contributed by atoms with Gasteiger partial charge >= 0.3 is 11.6 Å². The van der Waals surface area contributed by atoms with E-state index in [1.54, 1.807) is 30.3 Å². The molecule has 0 fully saturated rings. The molecule has 0 aliphatic carbocycles. The molecule has 28 heavy (non-hydrogen) atoms. The summed E-state index contributed by atoms with van der Waals surface area (Å²) in [6.45, 7) is 4.37. The van der Waals surface area contributed by atoms with Crippen molar-refractivity contribution in [3.05, 3.63) is 70.5 Å². The van der Waals surface area contributed by atoms with Crippen molar-refractivity contribution in [1.82, 2.24) is 9.97 Å². The number of benzene rings is 2. The molecular weight excluding hydrogens is 360 g/mol. The fraction of sp³-hybridized carbons (Fsp3) is 0.200. The van der Waals surface area contributed by atoms with Crippen LogP contribution in [0.5, 0.6) is 17.4 Å². The molecule has 0 aliphatic heterocycles. The van der Waals surface area contributed by atoms with Gasteiger partial charge in [0.15, 0.2) is 0 Å². The first-order valence-electron chi connectivity index (χ1n) is 8.87. The highest BCUT2D eigenvalue weighted by Gasteiger charge is 2.25. The molecule has 0 atom stereocenters. The zero-order valence-electron chi connectivity index (χ0n) is 15.6. The minimum absolute atomic E-state index is 0.0207. The fourth-order valence-electron chi connectivity index (χ4n) is 2.58. The van der Waals surface area contributed by atoms with Gasteiger partial charge in [0.05, 0.1) is 17.2 Å². The third-order valence-corrected chi connectivity index (χ3v) is 3.96. The van der Waals surface area contributed by atoms with Crippen LogP contribution in [0.2, 0.25) is 0 Å². The van der Waals surface area contributed by atoms with Crippen LogP contribution in [0, 0.1) is 10.1 Å². The van der Waals surface area contributed by atoms with Crippen molar-refractivity contribution < 1.29 is 14.4 Å². The molecule has 144 valence electrons. The summed E-state index contributed by atoms with van der Waals surface area (Å²) in [5.41, 5.74) is 1.34. The number of nitro groups is 1. The van der Waals surface area contributed by atoms with E-state index < -0.39 is 4.92 Å². The second kappa shape index (κ2) is 8.81. The molecule has 3 rings (SSSR count). The number of nitrogens with zero attached hydrogens (tertiary/aromatic N) is 3. The second-order valence-corrected chi connectivity index (χ2v) is 5.79. The van der Waals surface area contributed by atoms with Gasteiger partial charge in [0.1, 0.15) is 17.8 Å². The molecule has 1 heterocycles. The first-order valence-corrected chi connectivity index (χ1v) is 8.87. The van der Waals surface area contributed by atoms with Crippen molar-refractivity contribution in [2.75, 3.05) is 11.9 Å². The maximum atomic E-state index is 11.7. The van der Waals surface area contributed by atoms with Gasteiger partial charge in [-0.15, -0.1) is 0 Å². The van der Waals surface area contributed by atoms with E-state index >= 15 is 0 Å². The Kier molecular flexibility index (Phi) is 6.01. The lowest BCUT2D eigenvalue weighted by Gasteiger charge is -2.12. The van der Waals surface area contributed by atoms with Crippen molar-refractivity contribution >= 4 is 17.2 Å². The van der Waals surface area contributed by atoms with Gasteiger partial charge in [0.25, 0.3) is 0 Å². The number of aromatic nitrogens is 2. The minimum atomic E-state index is -0.568. The molecule has 8 heteroatoms. The molecule has 1 N–H and O–H groups in total. The summed E-state index contributed by atoms with van der Waals surface area (Å²) < 4.78 is 11.2. The number of hydrogen-bond acceptors (Lipinski definition) is 7. The lowest BCUT2D eigenvalue weighted by molar-refractivity contribution is -0.385. The van der Waals surface area contributed by atoms with Crippen molar-refractivity contribution in [1.29, 1.82) is 0 Å². The van der Waals surface area contributed by atoms with E-state index in [0.29, 0.717) is 23.8 Å². The van der Waals surface area contributed by atoms with E-state index in [-0.39, 0.29) is 17.4 Å². The fourth-order valence-corrected chi connectivity index (χ4v) is 2.58. The number of para-hydroxylation sites is 2. The van der Waals surface area contributed by atoms with Crippen LogP contribution >= 0.6 is 0 Å². The van der Waals surface area contributed by atoms with Gasteiger partial charge in [0.2, 0.25) is 5.82 Å². The predicted octanol–water partition coefficient (Wildman–Crippen LogP) is 4.88. The molecule has 0 saturated heterocycles. The van der Waals surface area contributed by atoms with Gasteiger partial charge < -0.3 is 14.8 Å². The Hall–Kier alpha value is -3.68. The summed E-state index contributed by atoms with van der Waals surface area (Å²) >= 11 is 0. The Morgan fingerprint density at radius 1 is 1.07 bits per heavy atom. The standard InChI is InChI=1S/C20H20N4O4/c1-3-14-9-11-15(12-10-14)28-20-18(24(25)26)19(21-13-22-20)23-16-7-5-6-8-17(16)27-4-2/h5-13H,3-4H2,1-2H3,(H,21,22,23). The summed E-state index contributed by atoms with van der Waals surface area (Å²) in [4.78, 5) is 19.1. The summed E-state index contributed by atoms with van der Waals surface area (Å²) in [7, 11) is 0. The van der Waals surface area contributed by atoms with Crippen LogP contribution in [-0.2, 0) is 6.42 Å². The molecule has 3 aromatic rings. The Morgan fingerprint density at radius 3 is 2.50 bits per heavy atom. The van der Waals surface area contributed by atoms with E-state index in [1.165, 1.54) is 6.33 Å². The first kappa shape index (κ1) is 19.1. The monoisotopic (exact) mass is 380 g/mol. The largest absolute Gasteiger partial charge is 0.492 e. The average molecular weight is 380 g/mol. The SMILES string of the molecule is CCOc1ccccc1Nc1ncnc(Oc2ccc(CC)cc2)c1[N+](=O)[O-]. The second-order valence-electron chi connectivity index (χ2n) is 5.79. The van der Waals surface area contributed by atoms with Crippen molar-refractivity contribution in [3.63, 3.8) is 0 Å². The third kappa shape index (κ3) is 4.35. The maximum Gasteiger partial charge on any atom is 0.373 e. The predicted molar refractivity (Wildman–Crippen MR) is 105 cm³/mol. The smallest absolute Gasteiger partial charge is 0.373 e. The Labute approximate surface area is 162 Å². The minimum Gasteiger partial charge on any atom is -0.492 e. The molecule has 0 radical (unpaired) electrons. The first-order chi connectivity index (χ1) is 13.6. The number of nitrogens with one attached hydrogen (secondary N) is 1. The highest BCUT2D eigenvalue weighted by Crippen LogP contribution is 2.37. The van der Waals surface area contributed by atoms with Crippen LogP contribution < -0.4 is 14.8 Å². The van der Waals surface area contributed by atoms with Crippen LogP contribution in [0.25, 0.3) is 0 Å².